The summed E-state index contributed by atoms with van der Waals surface area (Å²) in [5.41, 5.74) is 2.94. The molecule has 1 atom stereocenters. The fourth-order valence-corrected chi connectivity index (χ4v) is 4.74. The van der Waals surface area contributed by atoms with Crippen molar-refractivity contribution in [2.45, 2.75) is 33.1 Å². The van der Waals surface area contributed by atoms with E-state index < -0.39 is 5.92 Å². The van der Waals surface area contributed by atoms with Gasteiger partial charge in [0.15, 0.2) is 5.78 Å². The topological polar surface area (TPSA) is 64.0 Å². The number of nitrogens with one attached hydrogen (secondary N) is 1. The molecule has 0 saturated heterocycles. The number of hydrogen-bond acceptors (Lipinski definition) is 4. The zero-order valence-corrected chi connectivity index (χ0v) is 16.7. The van der Waals surface area contributed by atoms with Crippen molar-refractivity contribution in [2.75, 3.05) is 5.32 Å². The van der Waals surface area contributed by atoms with E-state index in [0.29, 0.717) is 16.4 Å². The first-order valence-corrected chi connectivity index (χ1v) is 9.81. The van der Waals surface area contributed by atoms with Gasteiger partial charge in [0.25, 0.3) is 0 Å². The standard InChI is InChI=1S/C20H18ClN3O2S/c1-10-7-15(12(3)27-10)19(26)16-9-17(25)22-20-18(16)11(2)23-24(20)14-6-4-5-13(21)8-14/h4-8,16H,9H2,1-3H3,(H,22,25)/t16-/m0/s1. The molecular formula is C20H18ClN3O2S. The van der Waals surface area contributed by atoms with Gasteiger partial charge in [-0.15, -0.1) is 11.3 Å². The molecule has 7 heteroatoms. The van der Waals surface area contributed by atoms with Gasteiger partial charge in [-0.1, -0.05) is 17.7 Å². The quantitative estimate of drug-likeness (QED) is 0.642. The number of carbonyl (C=O) groups excluding carboxylic acids is 2. The number of anilines is 1. The number of aromatic nitrogens is 2. The van der Waals surface area contributed by atoms with Crippen molar-refractivity contribution >= 4 is 40.4 Å². The van der Waals surface area contributed by atoms with E-state index in [0.717, 1.165) is 26.7 Å². The highest BCUT2D eigenvalue weighted by molar-refractivity contribution is 7.12. The highest BCUT2D eigenvalue weighted by Crippen LogP contribution is 2.39. The summed E-state index contributed by atoms with van der Waals surface area (Å²) < 4.78 is 1.65. The van der Waals surface area contributed by atoms with E-state index >= 15 is 0 Å². The first-order valence-electron chi connectivity index (χ1n) is 8.61. The van der Waals surface area contributed by atoms with Gasteiger partial charge in [0.05, 0.1) is 17.3 Å². The van der Waals surface area contributed by atoms with Crippen molar-refractivity contribution in [3.05, 3.63) is 61.9 Å². The minimum Gasteiger partial charge on any atom is -0.310 e. The molecule has 0 bridgehead atoms. The second-order valence-electron chi connectivity index (χ2n) is 6.74. The zero-order chi connectivity index (χ0) is 19.3. The summed E-state index contributed by atoms with van der Waals surface area (Å²) in [6.07, 6.45) is 0.127. The summed E-state index contributed by atoms with van der Waals surface area (Å²) in [6.45, 7) is 5.79. The minimum absolute atomic E-state index is 0.0262. The lowest BCUT2D eigenvalue weighted by atomic mass is 9.85. The van der Waals surface area contributed by atoms with E-state index in [-0.39, 0.29) is 18.1 Å². The Balaban J connectivity index is 1.84. The van der Waals surface area contributed by atoms with E-state index in [2.05, 4.69) is 10.4 Å². The zero-order valence-electron chi connectivity index (χ0n) is 15.2. The van der Waals surface area contributed by atoms with Crippen LogP contribution in [0.2, 0.25) is 5.02 Å². The number of nitrogens with zero attached hydrogens (tertiary/aromatic N) is 2. The molecule has 0 fully saturated rings. The molecule has 0 unspecified atom stereocenters. The molecule has 0 saturated carbocycles. The first kappa shape index (κ1) is 17.9. The number of halogens is 1. The van der Waals surface area contributed by atoms with E-state index in [1.54, 1.807) is 28.2 Å². The van der Waals surface area contributed by atoms with Gasteiger partial charge >= 0.3 is 0 Å². The Labute approximate surface area is 166 Å². The number of fused-ring (bicyclic) bond motifs is 1. The van der Waals surface area contributed by atoms with E-state index in [9.17, 15) is 9.59 Å². The summed E-state index contributed by atoms with van der Waals surface area (Å²) in [4.78, 5) is 27.7. The third-order valence-corrected chi connectivity index (χ3v) is 5.98. The number of rotatable bonds is 3. The summed E-state index contributed by atoms with van der Waals surface area (Å²) in [5, 5.41) is 8.06. The van der Waals surface area contributed by atoms with Crippen LogP contribution in [0.5, 0.6) is 0 Å². The van der Waals surface area contributed by atoms with Gasteiger partial charge in [-0.2, -0.15) is 5.10 Å². The number of aryl methyl sites for hydroxylation is 3. The summed E-state index contributed by atoms with van der Waals surface area (Å²) in [5.74, 6) is -0.196. The molecule has 27 heavy (non-hydrogen) atoms. The molecule has 2 aromatic heterocycles. The molecule has 138 valence electrons. The van der Waals surface area contributed by atoms with Crippen LogP contribution in [0.15, 0.2) is 30.3 Å². The Morgan fingerprint density at radius 2 is 2.07 bits per heavy atom. The lowest BCUT2D eigenvalue weighted by Gasteiger charge is -2.23. The van der Waals surface area contributed by atoms with E-state index in [4.69, 9.17) is 11.6 Å². The SMILES string of the molecule is Cc1cc(C(=O)[C@H]2CC(=O)Nc3c2c(C)nn3-c2cccc(Cl)c2)c(C)s1. The van der Waals surface area contributed by atoms with Crippen molar-refractivity contribution in [1.82, 2.24) is 9.78 Å². The third kappa shape index (κ3) is 3.09. The van der Waals surface area contributed by atoms with Crippen LogP contribution in [0.25, 0.3) is 5.69 Å². The second-order valence-corrected chi connectivity index (χ2v) is 8.63. The number of carbonyl (C=O) groups is 2. The van der Waals surface area contributed by atoms with Crippen molar-refractivity contribution < 1.29 is 9.59 Å². The first-order chi connectivity index (χ1) is 12.8. The predicted octanol–water partition coefficient (Wildman–Crippen LogP) is 4.82. The molecule has 4 rings (SSSR count). The average Bonchev–Trinajstić information content (AvgIpc) is 3.12. The van der Waals surface area contributed by atoms with Crippen molar-refractivity contribution in [3.63, 3.8) is 0 Å². The summed E-state index contributed by atoms with van der Waals surface area (Å²) >= 11 is 7.71. The normalized spacial score (nSPS) is 16.1. The number of benzene rings is 1. The minimum atomic E-state index is -0.533. The molecule has 1 aliphatic rings. The Kier molecular flexibility index (Phi) is 4.40. The maximum Gasteiger partial charge on any atom is 0.226 e. The largest absolute Gasteiger partial charge is 0.310 e. The highest BCUT2D eigenvalue weighted by Gasteiger charge is 2.37. The van der Waals surface area contributed by atoms with E-state index in [1.807, 2.05) is 39.0 Å². The highest BCUT2D eigenvalue weighted by atomic mass is 35.5. The Bertz CT molecular complexity index is 1080. The Morgan fingerprint density at radius 1 is 1.30 bits per heavy atom. The number of amides is 1. The maximum absolute atomic E-state index is 13.3. The molecule has 1 aliphatic heterocycles. The number of Topliss-reactive ketones (excluding diaryl/α,β-unsaturated/α-hetero) is 1. The monoisotopic (exact) mass is 399 g/mol. The molecular weight excluding hydrogens is 382 g/mol. The molecule has 1 aromatic carbocycles. The fourth-order valence-electron chi connectivity index (χ4n) is 3.63. The van der Waals surface area contributed by atoms with Crippen molar-refractivity contribution in [1.29, 1.82) is 0 Å². The van der Waals surface area contributed by atoms with Crippen LogP contribution in [-0.4, -0.2) is 21.5 Å². The molecule has 1 N–H and O–H groups in total. The predicted molar refractivity (Wildman–Crippen MR) is 107 cm³/mol. The molecule has 1 amide bonds. The van der Waals surface area contributed by atoms with E-state index in [1.165, 1.54) is 0 Å². The number of hydrogen-bond donors (Lipinski definition) is 1. The van der Waals surface area contributed by atoms with Crippen LogP contribution in [-0.2, 0) is 4.79 Å². The Morgan fingerprint density at radius 3 is 2.74 bits per heavy atom. The van der Waals surface area contributed by atoms with Gasteiger partial charge in [0.1, 0.15) is 5.82 Å². The van der Waals surface area contributed by atoms with Crippen LogP contribution in [0.1, 0.15) is 43.7 Å². The summed E-state index contributed by atoms with van der Waals surface area (Å²) in [7, 11) is 0. The number of ketones is 1. The van der Waals surface area contributed by atoms with Gasteiger partial charge in [-0.25, -0.2) is 4.68 Å². The van der Waals surface area contributed by atoms with Gasteiger partial charge < -0.3 is 5.32 Å². The van der Waals surface area contributed by atoms with Crippen molar-refractivity contribution in [2.24, 2.45) is 0 Å². The second kappa shape index (κ2) is 6.62. The molecule has 0 spiro atoms. The molecule has 0 radical (unpaired) electrons. The third-order valence-electron chi connectivity index (χ3n) is 4.78. The number of thiophene rings is 1. The lowest BCUT2D eigenvalue weighted by Crippen LogP contribution is -2.28. The summed E-state index contributed by atoms with van der Waals surface area (Å²) in [6, 6.07) is 9.15. The van der Waals surface area contributed by atoms with Crippen LogP contribution in [0.3, 0.4) is 0 Å². The van der Waals surface area contributed by atoms with Crippen LogP contribution < -0.4 is 5.32 Å². The van der Waals surface area contributed by atoms with Gasteiger partial charge in [-0.05, 0) is 45.0 Å². The van der Waals surface area contributed by atoms with Gasteiger partial charge in [0.2, 0.25) is 5.91 Å². The molecule has 3 aromatic rings. The van der Waals surface area contributed by atoms with Crippen LogP contribution >= 0.6 is 22.9 Å². The van der Waals surface area contributed by atoms with Crippen LogP contribution in [0.4, 0.5) is 5.82 Å². The maximum atomic E-state index is 13.3. The molecule has 5 nitrogen and oxygen atoms in total. The fraction of sp³-hybridized carbons (Fsp3) is 0.250. The van der Waals surface area contributed by atoms with Gasteiger partial charge in [-0.3, -0.25) is 9.59 Å². The molecule has 0 aliphatic carbocycles. The van der Waals surface area contributed by atoms with Gasteiger partial charge in [0, 0.05) is 32.3 Å². The lowest BCUT2D eigenvalue weighted by molar-refractivity contribution is -0.116. The van der Waals surface area contributed by atoms with Crippen LogP contribution in [0, 0.1) is 20.8 Å². The average molecular weight is 400 g/mol. The Hall–Kier alpha value is -2.44. The smallest absolute Gasteiger partial charge is 0.226 e. The van der Waals surface area contributed by atoms with Crippen molar-refractivity contribution in [3.8, 4) is 5.69 Å². The molecule has 3 heterocycles.